The maximum atomic E-state index is 12.7. The molecule has 1 atom stereocenters. The Hall–Kier alpha value is -1.64. The Balaban J connectivity index is 2.52. The second-order valence-electron chi connectivity index (χ2n) is 4.84. The number of benzene rings is 1. The molecular formula is C13H18N2O5S. The molecule has 0 amide bonds. The molecule has 8 heteroatoms. The standard InChI is InChI=1S/C13H18N2O5S/c1-20-13(17)11-7-9(14)4-5-12(11)21(18,19)15-6-2-3-10(15)8-16/h4-5,7,10,16H,2-3,6,8,14H2,1H3/t10-/m0/s1. The van der Waals surface area contributed by atoms with Gasteiger partial charge in [0, 0.05) is 18.3 Å². The Morgan fingerprint density at radius 3 is 2.86 bits per heavy atom. The Morgan fingerprint density at radius 2 is 2.24 bits per heavy atom. The fraction of sp³-hybridized carbons (Fsp3) is 0.462. The molecule has 1 aromatic carbocycles. The number of aliphatic hydroxyl groups is 1. The number of ether oxygens (including phenoxy) is 1. The normalized spacial score (nSPS) is 19.6. The van der Waals surface area contributed by atoms with Crippen LogP contribution in [0.4, 0.5) is 5.69 Å². The number of nitrogens with zero attached hydrogens (tertiary/aromatic N) is 1. The lowest BCUT2D eigenvalue weighted by atomic mass is 10.2. The number of carbonyl (C=O) groups is 1. The van der Waals surface area contributed by atoms with Crippen molar-refractivity contribution in [2.45, 2.75) is 23.8 Å². The zero-order chi connectivity index (χ0) is 15.6. The predicted molar refractivity (Wildman–Crippen MR) is 76.2 cm³/mol. The number of hydrogen-bond donors (Lipinski definition) is 2. The van der Waals surface area contributed by atoms with E-state index < -0.39 is 22.0 Å². The number of esters is 1. The summed E-state index contributed by atoms with van der Waals surface area (Å²) in [5, 5.41) is 9.30. The number of nitrogens with two attached hydrogens (primary N) is 1. The Morgan fingerprint density at radius 1 is 1.52 bits per heavy atom. The average molecular weight is 314 g/mol. The van der Waals surface area contributed by atoms with Gasteiger partial charge in [0.15, 0.2) is 0 Å². The number of carbonyl (C=O) groups excluding carboxylic acids is 1. The molecule has 1 aliphatic rings. The zero-order valence-electron chi connectivity index (χ0n) is 11.7. The second-order valence-corrected chi connectivity index (χ2v) is 6.70. The summed E-state index contributed by atoms with van der Waals surface area (Å²) in [5.41, 5.74) is 5.79. The minimum absolute atomic E-state index is 0.0962. The lowest BCUT2D eigenvalue weighted by Gasteiger charge is -2.23. The number of sulfonamides is 1. The monoisotopic (exact) mass is 314 g/mol. The molecule has 1 aromatic rings. The molecule has 0 spiro atoms. The Kier molecular flexibility index (Phi) is 4.50. The SMILES string of the molecule is COC(=O)c1cc(N)ccc1S(=O)(=O)N1CCC[C@H]1CO. The molecule has 1 aliphatic heterocycles. The fourth-order valence-corrected chi connectivity index (χ4v) is 4.32. The van der Waals surface area contributed by atoms with Crippen LogP contribution in [0.15, 0.2) is 23.1 Å². The molecule has 116 valence electrons. The van der Waals surface area contributed by atoms with Crippen LogP contribution in [0.1, 0.15) is 23.2 Å². The maximum Gasteiger partial charge on any atom is 0.339 e. The van der Waals surface area contributed by atoms with Crippen LogP contribution in [0.5, 0.6) is 0 Å². The van der Waals surface area contributed by atoms with Crippen molar-refractivity contribution in [1.82, 2.24) is 4.31 Å². The Labute approximate surface area is 123 Å². The minimum atomic E-state index is -3.89. The summed E-state index contributed by atoms with van der Waals surface area (Å²) >= 11 is 0. The molecule has 7 nitrogen and oxygen atoms in total. The van der Waals surface area contributed by atoms with Crippen LogP contribution >= 0.6 is 0 Å². The van der Waals surface area contributed by atoms with E-state index in [1.165, 1.54) is 29.6 Å². The van der Waals surface area contributed by atoms with Gasteiger partial charge in [0.05, 0.1) is 24.2 Å². The quantitative estimate of drug-likeness (QED) is 0.607. The number of hydrogen-bond acceptors (Lipinski definition) is 6. The average Bonchev–Trinajstić information content (AvgIpc) is 2.95. The van der Waals surface area contributed by atoms with Crippen LogP contribution in [0, 0.1) is 0 Å². The van der Waals surface area contributed by atoms with Crippen LogP contribution in [-0.4, -0.2) is 50.1 Å². The third-order valence-electron chi connectivity index (χ3n) is 3.53. The minimum Gasteiger partial charge on any atom is -0.465 e. The molecule has 0 saturated carbocycles. The number of nitrogen functional groups attached to an aromatic ring is 1. The number of anilines is 1. The van der Waals surface area contributed by atoms with Gasteiger partial charge >= 0.3 is 5.97 Å². The highest BCUT2D eigenvalue weighted by Gasteiger charge is 2.37. The van der Waals surface area contributed by atoms with E-state index in [9.17, 15) is 18.3 Å². The number of rotatable bonds is 4. The summed E-state index contributed by atoms with van der Waals surface area (Å²) in [6.07, 6.45) is 1.27. The summed E-state index contributed by atoms with van der Waals surface area (Å²) in [5.74, 6) is -0.763. The summed E-state index contributed by atoms with van der Waals surface area (Å²) in [4.78, 5) is 11.6. The molecule has 1 heterocycles. The highest BCUT2D eigenvalue weighted by molar-refractivity contribution is 7.89. The van der Waals surface area contributed by atoms with Gasteiger partial charge in [-0.15, -0.1) is 0 Å². The first-order valence-corrected chi connectivity index (χ1v) is 7.96. The van der Waals surface area contributed by atoms with Crippen molar-refractivity contribution < 1.29 is 23.1 Å². The van der Waals surface area contributed by atoms with Gasteiger partial charge in [-0.2, -0.15) is 4.31 Å². The predicted octanol–water partition coefficient (Wildman–Crippen LogP) is 0.201. The highest BCUT2D eigenvalue weighted by Crippen LogP contribution is 2.29. The molecule has 2 rings (SSSR count). The van der Waals surface area contributed by atoms with Crippen LogP contribution in [0.3, 0.4) is 0 Å². The lowest BCUT2D eigenvalue weighted by Crippen LogP contribution is -2.38. The summed E-state index contributed by atoms with van der Waals surface area (Å²) in [7, 11) is -2.71. The van der Waals surface area contributed by atoms with E-state index in [1.807, 2.05) is 0 Å². The summed E-state index contributed by atoms with van der Waals surface area (Å²) in [6, 6.07) is 3.54. The van der Waals surface area contributed by atoms with E-state index in [1.54, 1.807) is 0 Å². The Bertz CT molecular complexity index is 644. The number of aliphatic hydroxyl groups excluding tert-OH is 1. The summed E-state index contributed by atoms with van der Waals surface area (Å²) < 4.78 is 31.3. The molecule has 1 saturated heterocycles. The largest absolute Gasteiger partial charge is 0.465 e. The van der Waals surface area contributed by atoms with Gasteiger partial charge in [-0.05, 0) is 31.0 Å². The third kappa shape index (κ3) is 2.87. The number of methoxy groups -OCH3 is 1. The first-order chi connectivity index (χ1) is 9.91. The van der Waals surface area contributed by atoms with Crippen molar-refractivity contribution in [3.63, 3.8) is 0 Å². The first kappa shape index (κ1) is 15.7. The van der Waals surface area contributed by atoms with Crippen molar-refractivity contribution in [2.75, 3.05) is 26.0 Å². The topological polar surface area (TPSA) is 110 Å². The second kappa shape index (κ2) is 6.00. The molecule has 3 N–H and O–H groups in total. The molecule has 21 heavy (non-hydrogen) atoms. The highest BCUT2D eigenvalue weighted by atomic mass is 32.2. The molecule has 0 radical (unpaired) electrons. The van der Waals surface area contributed by atoms with E-state index in [-0.39, 0.29) is 22.8 Å². The molecule has 0 aliphatic carbocycles. The lowest BCUT2D eigenvalue weighted by molar-refractivity contribution is 0.0596. The van der Waals surface area contributed by atoms with E-state index in [4.69, 9.17) is 5.73 Å². The van der Waals surface area contributed by atoms with Gasteiger partial charge < -0.3 is 15.6 Å². The first-order valence-electron chi connectivity index (χ1n) is 6.52. The molecular weight excluding hydrogens is 296 g/mol. The molecule has 1 fully saturated rings. The molecule has 0 aromatic heterocycles. The zero-order valence-corrected chi connectivity index (χ0v) is 12.5. The van der Waals surface area contributed by atoms with Gasteiger partial charge in [-0.1, -0.05) is 0 Å². The fourth-order valence-electron chi connectivity index (χ4n) is 2.48. The van der Waals surface area contributed by atoms with E-state index in [0.717, 1.165) is 0 Å². The van der Waals surface area contributed by atoms with Gasteiger partial charge in [-0.25, -0.2) is 13.2 Å². The van der Waals surface area contributed by atoms with Crippen LogP contribution < -0.4 is 5.73 Å². The van der Waals surface area contributed by atoms with E-state index >= 15 is 0 Å². The van der Waals surface area contributed by atoms with Gasteiger partial charge in [0.2, 0.25) is 10.0 Å². The maximum absolute atomic E-state index is 12.7. The van der Waals surface area contributed by atoms with Gasteiger partial charge in [0.25, 0.3) is 0 Å². The smallest absolute Gasteiger partial charge is 0.339 e. The van der Waals surface area contributed by atoms with Gasteiger partial charge in [-0.3, -0.25) is 0 Å². The van der Waals surface area contributed by atoms with Gasteiger partial charge in [0.1, 0.15) is 0 Å². The van der Waals surface area contributed by atoms with Crippen LogP contribution in [-0.2, 0) is 14.8 Å². The summed E-state index contributed by atoms with van der Waals surface area (Å²) in [6.45, 7) is 0.0698. The molecule has 0 bridgehead atoms. The van der Waals surface area contributed by atoms with Crippen LogP contribution in [0.2, 0.25) is 0 Å². The van der Waals surface area contributed by atoms with Crippen LogP contribution in [0.25, 0.3) is 0 Å². The third-order valence-corrected chi connectivity index (χ3v) is 5.54. The van der Waals surface area contributed by atoms with Crippen molar-refractivity contribution in [3.05, 3.63) is 23.8 Å². The van der Waals surface area contributed by atoms with E-state index in [0.29, 0.717) is 19.4 Å². The molecule has 0 unspecified atom stereocenters. The van der Waals surface area contributed by atoms with E-state index in [2.05, 4.69) is 4.74 Å². The van der Waals surface area contributed by atoms with Crippen molar-refractivity contribution in [1.29, 1.82) is 0 Å². The van der Waals surface area contributed by atoms with Crippen molar-refractivity contribution >= 4 is 21.7 Å². The van der Waals surface area contributed by atoms with Crippen molar-refractivity contribution in [2.24, 2.45) is 0 Å². The van der Waals surface area contributed by atoms with Crippen molar-refractivity contribution in [3.8, 4) is 0 Å².